The Morgan fingerprint density at radius 1 is 0.444 bits per heavy atom. The first kappa shape index (κ1) is 24.3. The zero-order chi connectivity index (χ0) is 29.5. The van der Waals surface area contributed by atoms with Crippen molar-refractivity contribution >= 4 is 93.4 Å². The van der Waals surface area contributed by atoms with Crippen molar-refractivity contribution in [3.8, 4) is 0 Å². The maximum Gasteiger partial charge on any atom is 0.155 e. The van der Waals surface area contributed by atoms with E-state index in [0.717, 1.165) is 61.1 Å². The number of fused-ring (bicyclic) bond motifs is 12. The maximum atomic E-state index is 6.32. The number of nitrogens with zero attached hydrogens (tertiary/aromatic N) is 3. The van der Waals surface area contributed by atoms with Crippen LogP contribution in [0.4, 0.5) is 17.1 Å². The second-order valence-corrected chi connectivity index (χ2v) is 11.4. The molecule has 0 N–H and O–H groups in total. The summed E-state index contributed by atoms with van der Waals surface area (Å²) in [6.07, 6.45) is 5.53. The number of benzene rings is 6. The lowest BCUT2D eigenvalue weighted by atomic mass is 9.94. The molecule has 45 heavy (non-hydrogen) atoms. The molecule has 0 bridgehead atoms. The van der Waals surface area contributed by atoms with Gasteiger partial charge in [-0.25, -0.2) is 4.98 Å². The summed E-state index contributed by atoms with van der Waals surface area (Å²) >= 11 is 0. The van der Waals surface area contributed by atoms with Gasteiger partial charge in [0.05, 0.1) is 29.2 Å². The fourth-order valence-corrected chi connectivity index (χ4v) is 7.02. The van der Waals surface area contributed by atoms with Gasteiger partial charge in [-0.15, -0.1) is 0 Å². The van der Waals surface area contributed by atoms with Crippen LogP contribution in [0.5, 0.6) is 0 Å². The summed E-state index contributed by atoms with van der Waals surface area (Å²) < 4.78 is 12.6. The normalized spacial score (nSPS) is 12.0. The fraction of sp³-hybridized carbons (Fsp3) is 0. The highest BCUT2D eigenvalue weighted by atomic mass is 16.3. The third-order valence-electron chi connectivity index (χ3n) is 8.96. The highest BCUT2D eigenvalue weighted by Crippen LogP contribution is 2.45. The quantitative estimate of drug-likeness (QED) is 0.196. The molecule has 4 heterocycles. The molecule has 10 aromatic rings. The van der Waals surface area contributed by atoms with E-state index in [-0.39, 0.29) is 0 Å². The highest BCUT2D eigenvalue weighted by Gasteiger charge is 2.22. The molecular weight excluding hydrogens is 554 g/mol. The Morgan fingerprint density at radius 3 is 1.91 bits per heavy atom. The van der Waals surface area contributed by atoms with E-state index in [4.69, 9.17) is 13.8 Å². The zero-order valence-corrected chi connectivity index (χ0v) is 23.9. The molecule has 0 atom stereocenters. The van der Waals surface area contributed by atoms with Crippen LogP contribution >= 0.6 is 0 Å². The van der Waals surface area contributed by atoms with Crippen LogP contribution in [0, 0.1) is 0 Å². The lowest BCUT2D eigenvalue weighted by molar-refractivity contribution is 0.667. The van der Waals surface area contributed by atoms with Gasteiger partial charge >= 0.3 is 0 Å². The van der Waals surface area contributed by atoms with Crippen LogP contribution in [0.2, 0.25) is 0 Å². The minimum Gasteiger partial charge on any atom is -0.454 e. The lowest BCUT2D eigenvalue weighted by Crippen LogP contribution is -2.10. The molecule has 0 saturated heterocycles. The molecule has 0 radical (unpaired) electrons. The Labute approximate surface area is 256 Å². The summed E-state index contributed by atoms with van der Waals surface area (Å²) in [6.45, 7) is 0. The van der Waals surface area contributed by atoms with E-state index in [9.17, 15) is 0 Å². The number of aromatic nitrogens is 2. The molecule has 0 amide bonds. The van der Waals surface area contributed by atoms with E-state index in [1.807, 2.05) is 48.8 Å². The minimum atomic E-state index is 0.740. The van der Waals surface area contributed by atoms with Crippen molar-refractivity contribution in [2.24, 2.45) is 0 Å². The SMILES string of the molecule is c1ccc2c(c1)oc1cc(N(c3ccc4c5ccccc5c5ccccc5c4c3)c3cccc4oc5cnccc5c34)cnc12. The van der Waals surface area contributed by atoms with E-state index in [0.29, 0.717) is 0 Å². The summed E-state index contributed by atoms with van der Waals surface area (Å²) in [5.41, 5.74) is 6.85. The molecule has 5 nitrogen and oxygen atoms in total. The Balaban J connectivity index is 1.31. The first-order valence-electron chi connectivity index (χ1n) is 15.0. The molecule has 0 aliphatic rings. The minimum absolute atomic E-state index is 0.740. The van der Waals surface area contributed by atoms with Gasteiger partial charge in [-0.05, 0) is 74.8 Å². The summed E-state index contributed by atoms with van der Waals surface area (Å²) in [5, 5.41) is 10.4. The molecule has 5 heteroatoms. The Hall–Kier alpha value is -6.20. The first-order chi connectivity index (χ1) is 22.3. The van der Waals surface area contributed by atoms with E-state index in [1.165, 1.54) is 32.3 Å². The molecule has 0 fully saturated rings. The van der Waals surface area contributed by atoms with Crippen molar-refractivity contribution in [3.63, 3.8) is 0 Å². The van der Waals surface area contributed by atoms with Crippen molar-refractivity contribution in [1.82, 2.24) is 9.97 Å². The second kappa shape index (κ2) is 9.15. The zero-order valence-electron chi connectivity index (χ0n) is 23.9. The number of hydrogen-bond acceptors (Lipinski definition) is 5. The second-order valence-electron chi connectivity index (χ2n) is 11.4. The van der Waals surface area contributed by atoms with Crippen LogP contribution in [-0.2, 0) is 0 Å². The summed E-state index contributed by atoms with van der Waals surface area (Å²) in [6, 6.07) is 42.4. The molecule has 4 aromatic heterocycles. The molecule has 6 aromatic carbocycles. The monoisotopic (exact) mass is 577 g/mol. The van der Waals surface area contributed by atoms with Gasteiger partial charge in [0.25, 0.3) is 0 Å². The van der Waals surface area contributed by atoms with Crippen LogP contribution in [0.25, 0.3) is 76.3 Å². The third kappa shape index (κ3) is 3.49. The van der Waals surface area contributed by atoms with Crippen LogP contribution in [0.1, 0.15) is 0 Å². The van der Waals surface area contributed by atoms with Crippen molar-refractivity contribution in [3.05, 3.63) is 140 Å². The standard InChI is InChI=1S/C40H23N3O2/c1-2-10-28-26(8-1)27-9-3-4-11-29(27)33-20-24(16-17-30(28)33)43(25-21-37-40(42-22-25)32-12-5-6-14-35(32)44-37)34-13-7-15-36-39(34)31-18-19-41-23-38(31)45-36/h1-23H. The van der Waals surface area contributed by atoms with Gasteiger partial charge in [0.15, 0.2) is 11.2 Å². The summed E-state index contributed by atoms with van der Waals surface area (Å²) in [7, 11) is 0. The van der Waals surface area contributed by atoms with Crippen molar-refractivity contribution in [1.29, 1.82) is 0 Å². The molecule has 10 rings (SSSR count). The average Bonchev–Trinajstić information content (AvgIpc) is 3.67. The summed E-state index contributed by atoms with van der Waals surface area (Å²) in [5.74, 6) is 0. The van der Waals surface area contributed by atoms with Crippen LogP contribution < -0.4 is 4.90 Å². The van der Waals surface area contributed by atoms with E-state index < -0.39 is 0 Å². The molecule has 0 aliphatic heterocycles. The van der Waals surface area contributed by atoms with Crippen molar-refractivity contribution < 1.29 is 8.83 Å². The molecule has 0 spiro atoms. The topological polar surface area (TPSA) is 55.3 Å². The number of pyridine rings is 2. The Bertz CT molecular complexity index is 2760. The highest BCUT2D eigenvalue weighted by molar-refractivity contribution is 6.26. The number of anilines is 3. The van der Waals surface area contributed by atoms with Crippen LogP contribution in [0.3, 0.4) is 0 Å². The fourth-order valence-electron chi connectivity index (χ4n) is 7.02. The smallest absolute Gasteiger partial charge is 0.155 e. The molecule has 0 aliphatic carbocycles. The Morgan fingerprint density at radius 2 is 1.11 bits per heavy atom. The maximum absolute atomic E-state index is 6.32. The first-order valence-corrected chi connectivity index (χ1v) is 15.0. The van der Waals surface area contributed by atoms with Gasteiger partial charge < -0.3 is 13.7 Å². The predicted molar refractivity (Wildman–Crippen MR) is 184 cm³/mol. The average molecular weight is 578 g/mol. The molecule has 0 unspecified atom stereocenters. The van der Waals surface area contributed by atoms with E-state index >= 15 is 0 Å². The molecule has 0 saturated carbocycles. The van der Waals surface area contributed by atoms with Crippen molar-refractivity contribution in [2.45, 2.75) is 0 Å². The van der Waals surface area contributed by atoms with E-state index in [1.54, 1.807) is 6.20 Å². The third-order valence-corrected chi connectivity index (χ3v) is 8.96. The predicted octanol–water partition coefficient (Wildman–Crippen LogP) is 11.2. The number of para-hydroxylation sites is 1. The van der Waals surface area contributed by atoms with E-state index in [2.05, 4.69) is 94.8 Å². The number of rotatable bonds is 3. The number of furan rings is 2. The van der Waals surface area contributed by atoms with Gasteiger partial charge in [-0.1, -0.05) is 72.8 Å². The molecular formula is C40H23N3O2. The number of hydrogen-bond donors (Lipinski definition) is 0. The van der Waals surface area contributed by atoms with Gasteiger partial charge in [0, 0.05) is 28.7 Å². The van der Waals surface area contributed by atoms with Gasteiger partial charge in [-0.2, -0.15) is 0 Å². The van der Waals surface area contributed by atoms with Crippen LogP contribution in [0.15, 0.2) is 149 Å². The van der Waals surface area contributed by atoms with Crippen LogP contribution in [-0.4, -0.2) is 9.97 Å². The summed E-state index contributed by atoms with van der Waals surface area (Å²) in [4.78, 5) is 11.5. The van der Waals surface area contributed by atoms with Gasteiger partial charge in [-0.3, -0.25) is 4.98 Å². The van der Waals surface area contributed by atoms with Gasteiger partial charge in [0.1, 0.15) is 16.7 Å². The largest absolute Gasteiger partial charge is 0.454 e. The molecule has 210 valence electrons. The lowest BCUT2D eigenvalue weighted by Gasteiger charge is -2.26. The van der Waals surface area contributed by atoms with Gasteiger partial charge in [0.2, 0.25) is 0 Å². The Kier molecular flexibility index (Phi) is 4.93. The van der Waals surface area contributed by atoms with Crippen molar-refractivity contribution in [2.75, 3.05) is 4.90 Å².